The molecular formula is C12H17NO12. The lowest BCUT2D eigenvalue weighted by atomic mass is 9.99. The van der Waals surface area contributed by atoms with Gasteiger partial charge in [-0.05, 0) is 0 Å². The molecule has 0 radical (unpaired) electrons. The molecule has 3 rings (SSSR count). The molecule has 0 spiro atoms. The number of nitrogens with zero attached hydrogens (tertiary/aromatic N) is 1. The van der Waals surface area contributed by atoms with Gasteiger partial charge in [0.05, 0.1) is 13.2 Å². The lowest BCUT2D eigenvalue weighted by Crippen LogP contribution is -2.61. The molecule has 142 valence electrons. The van der Waals surface area contributed by atoms with E-state index in [0.29, 0.717) is 0 Å². The van der Waals surface area contributed by atoms with Crippen LogP contribution < -0.4 is 0 Å². The maximum atomic E-state index is 11.1. The number of aliphatic carboxylic acids is 1. The summed E-state index contributed by atoms with van der Waals surface area (Å²) in [5.74, 6) is -1.54. The molecule has 9 atom stereocenters. The molecule has 0 aromatic rings. The Morgan fingerprint density at radius 3 is 2.24 bits per heavy atom. The zero-order chi connectivity index (χ0) is 18.3. The van der Waals surface area contributed by atoms with Crippen LogP contribution in [0.2, 0.25) is 0 Å². The Balaban J connectivity index is 1.64. The smallest absolute Gasteiger partial charge is 0.335 e. The summed E-state index contributed by atoms with van der Waals surface area (Å²) in [5, 5.41) is 47.8. The fourth-order valence-electron chi connectivity index (χ4n) is 3.08. The molecule has 13 nitrogen and oxygen atoms in total. The highest BCUT2D eigenvalue weighted by atomic mass is 17.0. The second-order valence-electron chi connectivity index (χ2n) is 5.87. The first-order valence-corrected chi connectivity index (χ1v) is 7.42. The molecule has 4 N–H and O–H groups in total. The predicted molar refractivity (Wildman–Crippen MR) is 70.5 cm³/mol. The molecule has 3 saturated heterocycles. The largest absolute Gasteiger partial charge is 0.479 e. The van der Waals surface area contributed by atoms with Gasteiger partial charge in [-0.3, -0.25) is 0 Å². The number of aliphatic hydroxyl groups excluding tert-OH is 3. The highest BCUT2D eigenvalue weighted by molar-refractivity contribution is 5.73. The molecule has 13 heteroatoms. The topological polar surface area (TPSA) is 187 Å². The first-order valence-electron chi connectivity index (χ1n) is 7.42. The van der Waals surface area contributed by atoms with Gasteiger partial charge in [0.25, 0.3) is 5.09 Å². The molecule has 0 unspecified atom stereocenters. The normalized spacial score (nSPS) is 46.6. The minimum atomic E-state index is -1.83. The molecule has 0 bridgehead atoms. The standard InChI is InChI=1S/C12H17NO12/c14-5-6(15)10(11(17)18)24-12(7(5)16)23-3-1-21-9-4(25-13(19)20)2-22-8(3)9/h3-10,12,14-16H,1-2H2,(H,17,18)/t3-,4+,5+,6+,7-,8-,9-,10+,12-/m1/s1/i1+1,2+1,3+1,4+1,8+1,9+1. The van der Waals surface area contributed by atoms with Gasteiger partial charge in [-0.15, -0.1) is 10.1 Å². The van der Waals surface area contributed by atoms with Gasteiger partial charge in [-0.2, -0.15) is 0 Å². The summed E-state index contributed by atoms with van der Waals surface area (Å²) < 4.78 is 21.2. The third-order valence-corrected chi connectivity index (χ3v) is 4.31. The van der Waals surface area contributed by atoms with Crippen molar-refractivity contribution in [3.8, 4) is 0 Å². The van der Waals surface area contributed by atoms with E-state index in [1.54, 1.807) is 0 Å². The summed E-state index contributed by atoms with van der Waals surface area (Å²) in [6.07, 6.45) is -12.0. The minimum Gasteiger partial charge on any atom is -0.479 e. The van der Waals surface area contributed by atoms with Crippen molar-refractivity contribution in [2.24, 2.45) is 0 Å². The number of hydrogen-bond donors (Lipinski definition) is 4. The number of carboxylic acids is 1. The Bertz CT molecular complexity index is 530. The van der Waals surface area contributed by atoms with Gasteiger partial charge in [0.2, 0.25) is 0 Å². The molecule has 0 aromatic carbocycles. The van der Waals surface area contributed by atoms with Crippen molar-refractivity contribution in [1.82, 2.24) is 0 Å². The summed E-state index contributed by atoms with van der Waals surface area (Å²) in [6.45, 7) is -0.181. The van der Waals surface area contributed by atoms with Crippen LogP contribution in [0.5, 0.6) is 0 Å². The Morgan fingerprint density at radius 1 is 1.04 bits per heavy atom. The van der Waals surface area contributed by atoms with Gasteiger partial charge in [0.15, 0.2) is 18.5 Å². The highest BCUT2D eigenvalue weighted by Crippen LogP contribution is 2.33. The number of fused-ring (bicyclic) bond motifs is 1. The highest BCUT2D eigenvalue weighted by Gasteiger charge is 2.53. The third-order valence-electron chi connectivity index (χ3n) is 4.31. The summed E-state index contributed by atoms with van der Waals surface area (Å²) in [5.41, 5.74) is 0. The molecule has 0 aromatic heterocycles. The van der Waals surface area contributed by atoms with Crippen LogP contribution in [-0.2, 0) is 28.6 Å². The maximum absolute atomic E-state index is 11.1. The molecule has 0 saturated carbocycles. The van der Waals surface area contributed by atoms with Crippen molar-refractivity contribution in [3.63, 3.8) is 0 Å². The first kappa shape index (κ1) is 18.2. The summed E-state index contributed by atoms with van der Waals surface area (Å²) in [7, 11) is 0. The van der Waals surface area contributed by atoms with Crippen molar-refractivity contribution in [2.75, 3.05) is 13.2 Å². The number of hydrogen-bond acceptors (Lipinski definition) is 11. The van der Waals surface area contributed by atoms with Crippen LogP contribution in [0.3, 0.4) is 0 Å². The van der Waals surface area contributed by atoms with Gasteiger partial charge in [0, 0.05) is 0 Å². The predicted octanol–water partition coefficient (Wildman–Crippen LogP) is -3.36. The maximum Gasteiger partial charge on any atom is 0.335 e. The van der Waals surface area contributed by atoms with Crippen LogP contribution in [0.25, 0.3) is 0 Å². The van der Waals surface area contributed by atoms with E-state index in [1.165, 1.54) is 0 Å². The number of ether oxygens (including phenoxy) is 4. The van der Waals surface area contributed by atoms with Crippen molar-refractivity contribution in [1.29, 1.82) is 0 Å². The molecule has 25 heavy (non-hydrogen) atoms. The summed E-state index contributed by atoms with van der Waals surface area (Å²) in [4.78, 5) is 25.9. The number of aliphatic hydroxyl groups is 3. The zero-order valence-corrected chi connectivity index (χ0v) is 12.6. The molecular weight excluding hydrogens is 356 g/mol. The minimum absolute atomic E-state index is 0.0735. The number of carboxylic acid groups (broad SMARTS) is 1. The van der Waals surface area contributed by atoms with Crippen LogP contribution in [0.4, 0.5) is 0 Å². The fraction of sp³-hybridized carbons (Fsp3) is 0.917. The monoisotopic (exact) mass is 373 g/mol. The van der Waals surface area contributed by atoms with E-state index >= 15 is 0 Å². The van der Waals surface area contributed by atoms with Crippen molar-refractivity contribution < 1.29 is 54.1 Å². The molecule has 0 aliphatic carbocycles. The van der Waals surface area contributed by atoms with Gasteiger partial charge >= 0.3 is 5.97 Å². The first-order chi connectivity index (χ1) is 11.8. The second kappa shape index (κ2) is 6.95. The van der Waals surface area contributed by atoms with Crippen LogP contribution in [0, 0.1) is 10.1 Å². The van der Waals surface area contributed by atoms with Crippen LogP contribution in [0.15, 0.2) is 0 Å². The quantitative estimate of drug-likeness (QED) is 0.213. The lowest BCUT2D eigenvalue weighted by Gasteiger charge is -2.39. The van der Waals surface area contributed by atoms with E-state index in [1.807, 2.05) is 0 Å². The van der Waals surface area contributed by atoms with Gasteiger partial charge in [-0.1, -0.05) is 0 Å². The Hall–Kier alpha value is -1.61. The third kappa shape index (κ3) is 3.39. The Labute approximate surface area is 139 Å². The molecule has 3 heterocycles. The van der Waals surface area contributed by atoms with Gasteiger partial charge < -0.3 is 44.2 Å². The Kier molecular flexibility index (Phi) is 5.06. The second-order valence-corrected chi connectivity index (χ2v) is 5.87. The summed E-state index contributed by atoms with van der Waals surface area (Å²) in [6, 6.07) is 0. The van der Waals surface area contributed by atoms with E-state index in [2.05, 4.69) is 4.84 Å². The fourth-order valence-corrected chi connectivity index (χ4v) is 3.08. The zero-order valence-electron chi connectivity index (χ0n) is 12.6. The van der Waals surface area contributed by atoms with E-state index in [0.717, 1.165) is 0 Å². The van der Waals surface area contributed by atoms with E-state index in [9.17, 15) is 30.2 Å². The molecule has 3 aliphatic rings. The molecule has 3 fully saturated rings. The Morgan fingerprint density at radius 2 is 1.64 bits per heavy atom. The number of rotatable bonds is 5. The van der Waals surface area contributed by atoms with Crippen molar-refractivity contribution in [3.05, 3.63) is 10.1 Å². The summed E-state index contributed by atoms with van der Waals surface area (Å²) >= 11 is 0. The molecule has 3 aliphatic heterocycles. The van der Waals surface area contributed by atoms with Gasteiger partial charge in [0.1, 0.15) is 36.6 Å². The molecule has 0 amide bonds. The van der Waals surface area contributed by atoms with Crippen LogP contribution in [0.1, 0.15) is 0 Å². The van der Waals surface area contributed by atoms with E-state index in [4.69, 9.17) is 24.1 Å². The van der Waals surface area contributed by atoms with E-state index < -0.39 is 66.2 Å². The van der Waals surface area contributed by atoms with Crippen LogP contribution in [-0.4, -0.2) is 99.8 Å². The average molecular weight is 373 g/mol. The average Bonchev–Trinajstić information content (AvgIpc) is 3.11. The van der Waals surface area contributed by atoms with Gasteiger partial charge in [-0.25, -0.2) is 4.79 Å². The van der Waals surface area contributed by atoms with Crippen molar-refractivity contribution in [2.45, 2.75) is 55.1 Å². The number of carbonyl (C=O) groups is 1. The lowest BCUT2D eigenvalue weighted by molar-refractivity contribution is -0.769. The van der Waals surface area contributed by atoms with Crippen LogP contribution >= 0.6 is 0 Å². The van der Waals surface area contributed by atoms with Crippen molar-refractivity contribution >= 4 is 5.97 Å². The van der Waals surface area contributed by atoms with E-state index in [-0.39, 0.29) is 13.2 Å². The SMILES string of the molecule is O=C(O)[C@H]1O[C@@H](O[13C@@H]2[13CH2]O[13C@H]3[13C@@H]2O[13CH2][13C@@H]3O[N+](=O)[O-])[C@H](O)[C@@H](O)[C@@H]1O.